The largest absolute Gasteiger partial charge is 0.360 e. The summed E-state index contributed by atoms with van der Waals surface area (Å²) in [6.07, 6.45) is 11.6. The summed E-state index contributed by atoms with van der Waals surface area (Å²) in [4.78, 5) is 22.6. The molecule has 4 heterocycles. The summed E-state index contributed by atoms with van der Waals surface area (Å²) in [6.45, 7) is 2.65. The second-order valence-corrected chi connectivity index (χ2v) is 7.12. The van der Waals surface area contributed by atoms with Gasteiger partial charge in [0, 0.05) is 64.1 Å². The molecule has 3 aromatic heterocycles. The summed E-state index contributed by atoms with van der Waals surface area (Å²) < 4.78 is 2.22. The fourth-order valence-corrected chi connectivity index (χ4v) is 3.72. The van der Waals surface area contributed by atoms with E-state index in [0.717, 1.165) is 55.6 Å². The lowest BCUT2D eigenvalue weighted by atomic mass is 9.97. The van der Waals surface area contributed by atoms with E-state index in [0.29, 0.717) is 5.92 Å². The number of imidazole rings is 1. The van der Waals surface area contributed by atoms with Gasteiger partial charge >= 0.3 is 0 Å². The average Bonchev–Trinajstić information content (AvgIpc) is 3.17. The highest BCUT2D eigenvalue weighted by molar-refractivity contribution is 5.61. The molecular formula is C20H25N7. The Hall–Kier alpha value is -2.96. The van der Waals surface area contributed by atoms with E-state index in [9.17, 15) is 0 Å². The first-order valence-electron chi connectivity index (χ1n) is 9.36. The zero-order valence-electron chi connectivity index (χ0n) is 15.9. The van der Waals surface area contributed by atoms with Crippen molar-refractivity contribution in [3.63, 3.8) is 0 Å². The lowest BCUT2D eigenvalue weighted by Crippen LogP contribution is -2.37. The van der Waals surface area contributed by atoms with Gasteiger partial charge in [0.1, 0.15) is 5.82 Å². The van der Waals surface area contributed by atoms with Gasteiger partial charge < -0.3 is 14.4 Å². The minimum Gasteiger partial charge on any atom is -0.360 e. The van der Waals surface area contributed by atoms with E-state index in [1.807, 2.05) is 43.5 Å². The van der Waals surface area contributed by atoms with Crippen LogP contribution in [0.25, 0.3) is 0 Å². The lowest BCUT2D eigenvalue weighted by Gasteiger charge is -2.34. The molecule has 0 spiro atoms. The monoisotopic (exact) mass is 363 g/mol. The molecule has 1 aliphatic rings. The Bertz CT molecular complexity index is 875. The van der Waals surface area contributed by atoms with Gasteiger partial charge in [-0.15, -0.1) is 0 Å². The van der Waals surface area contributed by atoms with Crippen LogP contribution < -0.4 is 9.80 Å². The van der Waals surface area contributed by atoms with Crippen LogP contribution in [0.1, 0.15) is 30.3 Å². The van der Waals surface area contributed by atoms with Gasteiger partial charge in [-0.05, 0) is 25.0 Å². The molecule has 0 unspecified atom stereocenters. The molecule has 0 saturated carbocycles. The molecule has 140 valence electrons. The smallest absolute Gasteiger partial charge is 0.171 e. The topological polar surface area (TPSA) is 63.0 Å². The quantitative estimate of drug-likeness (QED) is 0.694. The Morgan fingerprint density at radius 2 is 1.93 bits per heavy atom. The third kappa shape index (κ3) is 3.77. The fourth-order valence-electron chi connectivity index (χ4n) is 3.72. The van der Waals surface area contributed by atoms with Crippen molar-refractivity contribution in [1.82, 2.24) is 24.5 Å². The van der Waals surface area contributed by atoms with Gasteiger partial charge in [0.2, 0.25) is 0 Å². The molecule has 0 radical (unpaired) electrons. The van der Waals surface area contributed by atoms with Crippen molar-refractivity contribution in [3.8, 4) is 0 Å². The normalized spacial score (nSPS) is 17.1. The maximum absolute atomic E-state index is 4.68. The van der Waals surface area contributed by atoms with Crippen molar-refractivity contribution in [2.45, 2.75) is 25.3 Å². The minimum atomic E-state index is 0.370. The average molecular weight is 363 g/mol. The second kappa shape index (κ2) is 7.73. The molecule has 0 bridgehead atoms. The van der Waals surface area contributed by atoms with E-state index in [1.54, 1.807) is 12.4 Å². The Balaban J connectivity index is 1.56. The number of hydrogen-bond donors (Lipinski definition) is 0. The highest BCUT2D eigenvalue weighted by Crippen LogP contribution is 2.31. The van der Waals surface area contributed by atoms with E-state index in [-0.39, 0.29) is 0 Å². The molecular weight excluding hydrogens is 338 g/mol. The summed E-state index contributed by atoms with van der Waals surface area (Å²) in [7, 11) is 4.02. The molecule has 0 amide bonds. The van der Waals surface area contributed by atoms with E-state index in [2.05, 4.69) is 41.7 Å². The van der Waals surface area contributed by atoms with Crippen LogP contribution in [0.2, 0.25) is 0 Å². The Morgan fingerprint density at radius 3 is 2.74 bits per heavy atom. The van der Waals surface area contributed by atoms with Gasteiger partial charge in [-0.1, -0.05) is 6.07 Å². The molecule has 7 heteroatoms. The van der Waals surface area contributed by atoms with Crippen molar-refractivity contribution in [3.05, 3.63) is 60.7 Å². The van der Waals surface area contributed by atoms with Crippen LogP contribution in [0.3, 0.4) is 0 Å². The molecule has 1 fully saturated rings. The van der Waals surface area contributed by atoms with Gasteiger partial charge in [0.15, 0.2) is 11.6 Å². The van der Waals surface area contributed by atoms with Gasteiger partial charge in [-0.2, -0.15) is 0 Å². The van der Waals surface area contributed by atoms with Crippen LogP contribution in [0.15, 0.2) is 49.2 Å². The standard InChI is InChI=1S/C20H25N7/c1-25(2)19-20(23-10-9-22-19)26-12-5-6-16(14-26)18-24-11-13-27(18)15-17-7-3-4-8-21-17/h3-4,7-11,13,16H,5-6,12,14-15H2,1-2H3/t16-/m0/s1. The van der Waals surface area contributed by atoms with Crippen molar-refractivity contribution in [1.29, 1.82) is 0 Å². The van der Waals surface area contributed by atoms with Crippen molar-refractivity contribution < 1.29 is 0 Å². The van der Waals surface area contributed by atoms with Crippen molar-refractivity contribution in [2.75, 3.05) is 37.0 Å². The van der Waals surface area contributed by atoms with Crippen LogP contribution in [-0.2, 0) is 6.54 Å². The van der Waals surface area contributed by atoms with E-state index in [4.69, 9.17) is 0 Å². The molecule has 0 N–H and O–H groups in total. The predicted molar refractivity (Wildman–Crippen MR) is 106 cm³/mol. The van der Waals surface area contributed by atoms with Gasteiger partial charge in [0.25, 0.3) is 0 Å². The maximum atomic E-state index is 4.68. The first-order valence-corrected chi connectivity index (χ1v) is 9.36. The zero-order chi connectivity index (χ0) is 18.6. The molecule has 1 aliphatic heterocycles. The molecule has 1 saturated heterocycles. The number of pyridine rings is 1. The number of nitrogens with zero attached hydrogens (tertiary/aromatic N) is 7. The number of aromatic nitrogens is 5. The Morgan fingerprint density at radius 1 is 1.04 bits per heavy atom. The number of rotatable bonds is 5. The number of hydrogen-bond acceptors (Lipinski definition) is 6. The summed E-state index contributed by atoms with van der Waals surface area (Å²) in [6, 6.07) is 6.03. The highest BCUT2D eigenvalue weighted by Gasteiger charge is 2.27. The summed E-state index contributed by atoms with van der Waals surface area (Å²) in [5, 5.41) is 0. The molecule has 7 nitrogen and oxygen atoms in total. The molecule has 0 aromatic carbocycles. The van der Waals surface area contributed by atoms with Gasteiger partial charge in [0.05, 0.1) is 12.2 Å². The van der Waals surface area contributed by atoms with Gasteiger partial charge in [-0.3, -0.25) is 4.98 Å². The van der Waals surface area contributed by atoms with Crippen LogP contribution in [0.4, 0.5) is 11.6 Å². The van der Waals surface area contributed by atoms with E-state index >= 15 is 0 Å². The maximum Gasteiger partial charge on any atom is 0.171 e. The van der Waals surface area contributed by atoms with Crippen molar-refractivity contribution in [2.24, 2.45) is 0 Å². The number of anilines is 2. The van der Waals surface area contributed by atoms with Crippen LogP contribution in [-0.4, -0.2) is 51.7 Å². The molecule has 1 atom stereocenters. The molecule has 27 heavy (non-hydrogen) atoms. The van der Waals surface area contributed by atoms with Crippen LogP contribution in [0, 0.1) is 0 Å². The zero-order valence-corrected chi connectivity index (χ0v) is 15.9. The van der Waals surface area contributed by atoms with Crippen LogP contribution in [0.5, 0.6) is 0 Å². The SMILES string of the molecule is CN(C)c1nccnc1N1CCC[C@H](c2nccn2Cc2ccccn2)C1. The number of piperidine rings is 1. The lowest BCUT2D eigenvalue weighted by molar-refractivity contribution is 0.473. The third-order valence-electron chi connectivity index (χ3n) is 4.98. The Labute approximate surface area is 159 Å². The predicted octanol–water partition coefficient (Wildman–Crippen LogP) is 2.57. The van der Waals surface area contributed by atoms with Crippen molar-refractivity contribution >= 4 is 11.6 Å². The first kappa shape index (κ1) is 17.5. The first-order chi connectivity index (χ1) is 13.2. The second-order valence-electron chi connectivity index (χ2n) is 7.12. The van der Waals surface area contributed by atoms with Crippen LogP contribution >= 0.6 is 0 Å². The Kier molecular flexibility index (Phi) is 5.00. The third-order valence-corrected chi connectivity index (χ3v) is 4.98. The fraction of sp³-hybridized carbons (Fsp3) is 0.400. The van der Waals surface area contributed by atoms with E-state index in [1.165, 1.54) is 0 Å². The summed E-state index contributed by atoms with van der Waals surface area (Å²) in [5.41, 5.74) is 1.05. The highest BCUT2D eigenvalue weighted by atomic mass is 15.3. The minimum absolute atomic E-state index is 0.370. The van der Waals surface area contributed by atoms with Gasteiger partial charge in [-0.25, -0.2) is 15.0 Å². The summed E-state index contributed by atoms with van der Waals surface area (Å²) in [5.74, 6) is 3.36. The summed E-state index contributed by atoms with van der Waals surface area (Å²) >= 11 is 0. The molecule has 4 rings (SSSR count). The molecule has 0 aliphatic carbocycles. The molecule has 3 aromatic rings. The van der Waals surface area contributed by atoms with E-state index < -0.39 is 0 Å².